The SMILES string of the molecule is COc1ccc(S(=O)(=O)NCC2CN(C3CC3)C(=O)O2)cc1. The number of benzene rings is 1. The maximum atomic E-state index is 12.2. The largest absolute Gasteiger partial charge is 0.497 e. The lowest BCUT2D eigenvalue weighted by molar-refractivity contribution is 0.133. The average molecular weight is 326 g/mol. The third kappa shape index (κ3) is 3.17. The summed E-state index contributed by atoms with van der Waals surface area (Å²) in [5.74, 6) is 0.587. The molecule has 0 aromatic heterocycles. The third-order valence-electron chi connectivity index (χ3n) is 3.76. The van der Waals surface area contributed by atoms with Crippen LogP contribution in [0.2, 0.25) is 0 Å². The van der Waals surface area contributed by atoms with Crippen LogP contribution >= 0.6 is 0 Å². The van der Waals surface area contributed by atoms with E-state index in [1.807, 2.05) is 0 Å². The van der Waals surface area contributed by atoms with E-state index in [9.17, 15) is 13.2 Å². The number of hydrogen-bond acceptors (Lipinski definition) is 5. The van der Waals surface area contributed by atoms with E-state index >= 15 is 0 Å². The molecule has 1 aromatic carbocycles. The summed E-state index contributed by atoms with van der Waals surface area (Å²) in [6.45, 7) is 0.512. The maximum absolute atomic E-state index is 12.2. The first-order valence-electron chi connectivity index (χ1n) is 7.10. The van der Waals surface area contributed by atoms with E-state index in [1.54, 1.807) is 17.0 Å². The Hall–Kier alpha value is -1.80. The standard InChI is InChI=1S/C14H18N2O5S/c1-20-11-4-6-13(7-5-11)22(18,19)15-8-12-9-16(10-2-3-10)14(17)21-12/h4-7,10,12,15H,2-3,8-9H2,1H3. The van der Waals surface area contributed by atoms with Crippen molar-refractivity contribution in [3.63, 3.8) is 0 Å². The molecule has 1 atom stereocenters. The highest BCUT2D eigenvalue weighted by molar-refractivity contribution is 7.89. The Kier molecular flexibility index (Phi) is 3.96. The van der Waals surface area contributed by atoms with Crippen LogP contribution in [0, 0.1) is 0 Å². The molecule has 7 nitrogen and oxygen atoms in total. The van der Waals surface area contributed by atoms with Crippen LogP contribution in [0.1, 0.15) is 12.8 Å². The summed E-state index contributed by atoms with van der Waals surface area (Å²) in [5.41, 5.74) is 0. The van der Waals surface area contributed by atoms with Gasteiger partial charge >= 0.3 is 6.09 Å². The summed E-state index contributed by atoms with van der Waals surface area (Å²) in [5, 5.41) is 0. The fourth-order valence-corrected chi connectivity index (χ4v) is 3.44. The molecule has 1 aromatic rings. The van der Waals surface area contributed by atoms with Crippen molar-refractivity contribution in [2.45, 2.75) is 29.9 Å². The fourth-order valence-electron chi connectivity index (χ4n) is 2.37. The number of nitrogens with one attached hydrogen (secondary N) is 1. The van der Waals surface area contributed by atoms with Crippen LogP contribution in [-0.4, -0.2) is 51.8 Å². The highest BCUT2D eigenvalue weighted by Gasteiger charge is 2.41. The van der Waals surface area contributed by atoms with E-state index in [0.717, 1.165) is 12.8 Å². The Morgan fingerprint density at radius 2 is 2.00 bits per heavy atom. The van der Waals surface area contributed by atoms with Crippen LogP contribution < -0.4 is 9.46 Å². The zero-order valence-electron chi connectivity index (χ0n) is 12.2. The number of carbonyl (C=O) groups excluding carboxylic acids is 1. The van der Waals surface area contributed by atoms with Gasteiger partial charge in [0.25, 0.3) is 0 Å². The number of sulfonamides is 1. The number of nitrogens with zero attached hydrogens (tertiary/aromatic N) is 1. The molecule has 1 aliphatic carbocycles. The number of methoxy groups -OCH3 is 1. The van der Waals surface area contributed by atoms with Gasteiger partial charge < -0.3 is 14.4 Å². The topological polar surface area (TPSA) is 84.9 Å². The third-order valence-corrected chi connectivity index (χ3v) is 5.20. The summed E-state index contributed by atoms with van der Waals surface area (Å²) in [6.07, 6.45) is 1.20. The van der Waals surface area contributed by atoms with E-state index in [1.165, 1.54) is 19.2 Å². The molecule has 0 bridgehead atoms. The molecule has 2 aliphatic rings. The summed E-state index contributed by atoms with van der Waals surface area (Å²) in [7, 11) is -2.11. The van der Waals surface area contributed by atoms with Gasteiger partial charge in [-0.15, -0.1) is 0 Å². The number of carbonyl (C=O) groups is 1. The molecule has 3 rings (SSSR count). The minimum absolute atomic E-state index is 0.0727. The number of cyclic esters (lactones) is 1. The van der Waals surface area contributed by atoms with Gasteiger partial charge in [-0.1, -0.05) is 0 Å². The van der Waals surface area contributed by atoms with Crippen molar-refractivity contribution in [1.82, 2.24) is 9.62 Å². The van der Waals surface area contributed by atoms with Gasteiger partial charge in [0, 0.05) is 12.6 Å². The van der Waals surface area contributed by atoms with Crippen molar-refractivity contribution >= 4 is 16.1 Å². The molecule has 1 unspecified atom stereocenters. The first kappa shape index (κ1) is 15.1. The molecule has 1 N–H and O–H groups in total. The van der Waals surface area contributed by atoms with Crippen LogP contribution in [-0.2, 0) is 14.8 Å². The first-order valence-corrected chi connectivity index (χ1v) is 8.59. The van der Waals surface area contributed by atoms with Crippen molar-refractivity contribution in [2.24, 2.45) is 0 Å². The summed E-state index contributed by atoms with van der Waals surface area (Å²) in [4.78, 5) is 13.5. The van der Waals surface area contributed by atoms with E-state index in [0.29, 0.717) is 12.3 Å². The van der Waals surface area contributed by atoms with Gasteiger partial charge in [0.05, 0.1) is 18.6 Å². The highest BCUT2D eigenvalue weighted by atomic mass is 32.2. The smallest absolute Gasteiger partial charge is 0.410 e. The molecule has 22 heavy (non-hydrogen) atoms. The summed E-state index contributed by atoms with van der Waals surface area (Å²) >= 11 is 0. The van der Waals surface area contributed by atoms with E-state index < -0.39 is 16.1 Å². The van der Waals surface area contributed by atoms with Crippen molar-refractivity contribution in [2.75, 3.05) is 20.2 Å². The zero-order chi connectivity index (χ0) is 15.7. The molecule has 1 aliphatic heterocycles. The summed E-state index contributed by atoms with van der Waals surface area (Å²) < 4.78 is 37.0. The number of ether oxygens (including phenoxy) is 2. The van der Waals surface area contributed by atoms with Crippen molar-refractivity contribution in [1.29, 1.82) is 0 Å². The van der Waals surface area contributed by atoms with Gasteiger partial charge in [0.1, 0.15) is 11.9 Å². The molecule has 1 heterocycles. The van der Waals surface area contributed by atoms with Crippen LogP contribution in [0.15, 0.2) is 29.2 Å². The van der Waals surface area contributed by atoms with Crippen LogP contribution in [0.4, 0.5) is 4.79 Å². The van der Waals surface area contributed by atoms with E-state index in [2.05, 4.69) is 4.72 Å². The van der Waals surface area contributed by atoms with Crippen molar-refractivity contribution in [3.05, 3.63) is 24.3 Å². The quantitative estimate of drug-likeness (QED) is 0.841. The van der Waals surface area contributed by atoms with Gasteiger partial charge in [0.2, 0.25) is 10.0 Å². The maximum Gasteiger partial charge on any atom is 0.410 e. The predicted molar refractivity (Wildman–Crippen MR) is 78.2 cm³/mol. The molecule has 120 valence electrons. The first-order chi connectivity index (χ1) is 10.5. The monoisotopic (exact) mass is 326 g/mol. The number of hydrogen-bond donors (Lipinski definition) is 1. The Bertz CT molecular complexity index is 654. The zero-order valence-corrected chi connectivity index (χ0v) is 13.0. The van der Waals surface area contributed by atoms with Gasteiger partial charge in [0.15, 0.2) is 0 Å². The molecule has 0 radical (unpaired) electrons. The van der Waals surface area contributed by atoms with Gasteiger partial charge in [-0.3, -0.25) is 0 Å². The molecule has 1 amide bonds. The highest BCUT2D eigenvalue weighted by Crippen LogP contribution is 2.30. The van der Waals surface area contributed by atoms with Crippen LogP contribution in [0.3, 0.4) is 0 Å². The van der Waals surface area contributed by atoms with E-state index in [4.69, 9.17) is 9.47 Å². The lowest BCUT2D eigenvalue weighted by Gasteiger charge is -2.12. The van der Waals surface area contributed by atoms with E-state index in [-0.39, 0.29) is 23.6 Å². The fraction of sp³-hybridized carbons (Fsp3) is 0.500. The second-order valence-corrected chi connectivity index (χ2v) is 7.18. The lowest BCUT2D eigenvalue weighted by Crippen LogP contribution is -2.35. The molecule has 1 saturated carbocycles. The van der Waals surface area contributed by atoms with Crippen LogP contribution in [0.5, 0.6) is 5.75 Å². The number of amides is 1. The van der Waals surface area contributed by atoms with Gasteiger partial charge in [-0.05, 0) is 37.1 Å². The summed E-state index contributed by atoms with van der Waals surface area (Å²) in [6, 6.07) is 6.38. The van der Waals surface area contributed by atoms with Crippen molar-refractivity contribution < 1.29 is 22.7 Å². The minimum Gasteiger partial charge on any atom is -0.497 e. The Morgan fingerprint density at radius 3 is 2.59 bits per heavy atom. The Balaban J connectivity index is 1.59. The van der Waals surface area contributed by atoms with Crippen molar-refractivity contribution in [3.8, 4) is 5.75 Å². The van der Waals surface area contributed by atoms with Gasteiger partial charge in [-0.2, -0.15) is 0 Å². The Labute approximate surface area is 129 Å². The molecule has 8 heteroatoms. The Morgan fingerprint density at radius 1 is 1.32 bits per heavy atom. The minimum atomic E-state index is -3.63. The normalized spacial score (nSPS) is 21.8. The molecule has 0 spiro atoms. The number of rotatable bonds is 6. The molecular weight excluding hydrogens is 308 g/mol. The predicted octanol–water partition coefficient (Wildman–Crippen LogP) is 0.957. The molecule has 1 saturated heterocycles. The molecular formula is C14H18N2O5S. The molecule has 2 fully saturated rings. The van der Waals surface area contributed by atoms with Crippen LogP contribution in [0.25, 0.3) is 0 Å². The second-order valence-electron chi connectivity index (χ2n) is 5.42. The van der Waals surface area contributed by atoms with Gasteiger partial charge in [-0.25, -0.2) is 17.9 Å². The second kappa shape index (κ2) is 5.77. The average Bonchev–Trinajstić information content (AvgIpc) is 3.29. The lowest BCUT2D eigenvalue weighted by atomic mass is 10.3.